The number of rotatable bonds is 5. The van der Waals surface area contributed by atoms with Crippen molar-refractivity contribution in [3.63, 3.8) is 0 Å². The maximum absolute atomic E-state index is 13.3. The Morgan fingerprint density at radius 1 is 1.38 bits per heavy atom. The Morgan fingerprint density at radius 3 is 2.62 bits per heavy atom. The van der Waals surface area contributed by atoms with E-state index in [1.807, 2.05) is 0 Å². The van der Waals surface area contributed by atoms with Crippen LogP contribution in [-0.4, -0.2) is 23.3 Å². The number of nitrogens with zero attached hydrogens (tertiary/aromatic N) is 1. The van der Waals surface area contributed by atoms with E-state index in [1.165, 1.54) is 0 Å². The maximum Gasteiger partial charge on any atom is 0.273 e. The van der Waals surface area contributed by atoms with Gasteiger partial charge in [-0.3, -0.25) is 14.9 Å². The normalized spacial score (nSPS) is 16.7. The highest BCUT2D eigenvalue weighted by Gasteiger charge is 2.33. The molecule has 0 unspecified atom stereocenters. The van der Waals surface area contributed by atoms with Crippen LogP contribution < -0.4 is 5.32 Å². The number of hydrogen-bond donors (Lipinski definition) is 1. The lowest BCUT2D eigenvalue weighted by Crippen LogP contribution is -2.37. The molecular weight excluding hydrogens is 299 g/mol. The molecule has 0 heterocycles. The zero-order valence-electron chi connectivity index (χ0n) is 11.4. The van der Waals surface area contributed by atoms with Crippen LogP contribution in [0.15, 0.2) is 18.2 Å². The number of amides is 1. The number of hydrogen-bond acceptors (Lipinski definition) is 3. The van der Waals surface area contributed by atoms with Gasteiger partial charge in [-0.1, -0.05) is 12.8 Å². The minimum Gasteiger partial charge on any atom is -0.351 e. The molecule has 114 valence electrons. The Labute approximate surface area is 126 Å². The monoisotopic (exact) mass is 314 g/mol. The molecule has 0 atom stereocenters. The van der Waals surface area contributed by atoms with Crippen molar-refractivity contribution in [1.29, 1.82) is 0 Å². The number of nitrogens with one attached hydrogen (secondary N) is 1. The summed E-state index contributed by atoms with van der Waals surface area (Å²) in [5, 5.41) is 13.4. The molecular formula is C14H16ClFN2O3. The van der Waals surface area contributed by atoms with E-state index in [2.05, 4.69) is 5.32 Å². The Balaban J connectivity index is 2.08. The number of nitro groups is 1. The smallest absolute Gasteiger partial charge is 0.273 e. The number of nitro benzene ring substituents is 1. The maximum atomic E-state index is 13.3. The fourth-order valence-electron chi connectivity index (χ4n) is 2.66. The van der Waals surface area contributed by atoms with Gasteiger partial charge in [-0.2, -0.15) is 0 Å². The van der Waals surface area contributed by atoms with Crippen molar-refractivity contribution in [3.8, 4) is 0 Å². The lowest BCUT2D eigenvalue weighted by Gasteiger charge is -2.26. The molecule has 1 aromatic carbocycles. The highest BCUT2D eigenvalue weighted by atomic mass is 35.5. The molecule has 0 spiro atoms. The van der Waals surface area contributed by atoms with Gasteiger partial charge in [0.2, 0.25) is 0 Å². The first kappa shape index (κ1) is 15.7. The molecule has 1 saturated carbocycles. The second-order valence-corrected chi connectivity index (χ2v) is 5.75. The summed E-state index contributed by atoms with van der Waals surface area (Å²) >= 11 is 5.99. The van der Waals surface area contributed by atoms with Gasteiger partial charge in [0, 0.05) is 29.5 Å². The van der Waals surface area contributed by atoms with Crippen LogP contribution in [0.2, 0.25) is 0 Å². The number of carbonyl (C=O) groups is 1. The SMILES string of the molecule is O=C(NCC1(CCl)CCCC1)c1cc(F)cc([N+](=O)[O-])c1. The second kappa shape index (κ2) is 6.39. The molecule has 1 amide bonds. The van der Waals surface area contributed by atoms with Gasteiger partial charge in [-0.05, 0) is 18.9 Å². The Kier molecular flexibility index (Phi) is 4.77. The summed E-state index contributed by atoms with van der Waals surface area (Å²) in [7, 11) is 0. The van der Waals surface area contributed by atoms with Crippen LogP contribution in [-0.2, 0) is 0 Å². The molecule has 7 heteroatoms. The minimum atomic E-state index is -0.803. The van der Waals surface area contributed by atoms with E-state index in [0.29, 0.717) is 12.4 Å². The van der Waals surface area contributed by atoms with Crippen molar-refractivity contribution in [3.05, 3.63) is 39.7 Å². The van der Waals surface area contributed by atoms with Gasteiger partial charge < -0.3 is 5.32 Å². The number of benzene rings is 1. The summed E-state index contributed by atoms with van der Waals surface area (Å²) in [6.45, 7) is 0.402. The number of non-ortho nitro benzene ring substituents is 1. The van der Waals surface area contributed by atoms with Crippen LogP contribution in [0.25, 0.3) is 0 Å². The second-order valence-electron chi connectivity index (χ2n) is 5.48. The minimum absolute atomic E-state index is 0.0515. The molecule has 0 bridgehead atoms. The van der Waals surface area contributed by atoms with Gasteiger partial charge in [-0.25, -0.2) is 4.39 Å². The molecule has 1 aliphatic rings. The highest BCUT2D eigenvalue weighted by Crippen LogP contribution is 2.38. The summed E-state index contributed by atoms with van der Waals surface area (Å²) in [6, 6.07) is 2.85. The Bertz CT molecular complexity index is 559. The average Bonchev–Trinajstić information content (AvgIpc) is 2.93. The molecule has 0 aliphatic heterocycles. The largest absolute Gasteiger partial charge is 0.351 e. The van der Waals surface area contributed by atoms with Crippen LogP contribution in [0.4, 0.5) is 10.1 Å². The Hall–Kier alpha value is -1.69. The molecule has 2 rings (SSSR count). The van der Waals surface area contributed by atoms with Gasteiger partial charge >= 0.3 is 0 Å². The molecule has 0 aromatic heterocycles. The number of carbonyl (C=O) groups excluding carboxylic acids is 1. The third-order valence-corrected chi connectivity index (χ3v) is 4.49. The van der Waals surface area contributed by atoms with E-state index in [1.54, 1.807) is 0 Å². The lowest BCUT2D eigenvalue weighted by molar-refractivity contribution is -0.385. The van der Waals surface area contributed by atoms with Gasteiger partial charge in [0.25, 0.3) is 11.6 Å². The zero-order valence-corrected chi connectivity index (χ0v) is 12.2. The molecule has 0 saturated heterocycles. The van der Waals surface area contributed by atoms with Gasteiger partial charge in [0.05, 0.1) is 11.0 Å². The van der Waals surface area contributed by atoms with Crippen molar-refractivity contribution in [2.24, 2.45) is 5.41 Å². The van der Waals surface area contributed by atoms with Gasteiger partial charge in [0.1, 0.15) is 5.82 Å². The molecule has 0 radical (unpaired) electrons. The molecule has 1 fully saturated rings. The quantitative estimate of drug-likeness (QED) is 0.515. The van der Waals surface area contributed by atoms with Crippen molar-refractivity contribution in [1.82, 2.24) is 5.32 Å². The first-order valence-electron chi connectivity index (χ1n) is 6.75. The first-order valence-corrected chi connectivity index (χ1v) is 7.28. The third kappa shape index (κ3) is 3.69. The summed E-state index contributed by atoms with van der Waals surface area (Å²) < 4.78 is 13.3. The third-order valence-electron chi connectivity index (χ3n) is 3.93. The zero-order chi connectivity index (χ0) is 15.5. The summed E-state index contributed by atoms with van der Waals surface area (Å²) in [4.78, 5) is 22.0. The number of alkyl halides is 1. The topological polar surface area (TPSA) is 72.2 Å². The average molecular weight is 315 g/mol. The van der Waals surface area contributed by atoms with Crippen molar-refractivity contribution >= 4 is 23.2 Å². The van der Waals surface area contributed by atoms with E-state index >= 15 is 0 Å². The Morgan fingerprint density at radius 2 is 2.05 bits per heavy atom. The fraction of sp³-hybridized carbons (Fsp3) is 0.500. The molecule has 5 nitrogen and oxygen atoms in total. The first-order chi connectivity index (χ1) is 9.96. The molecule has 1 N–H and O–H groups in total. The predicted molar refractivity (Wildman–Crippen MR) is 77.0 cm³/mol. The van der Waals surface area contributed by atoms with E-state index < -0.39 is 22.3 Å². The van der Waals surface area contributed by atoms with Crippen LogP contribution in [0.5, 0.6) is 0 Å². The molecule has 21 heavy (non-hydrogen) atoms. The van der Waals surface area contributed by atoms with E-state index in [9.17, 15) is 19.3 Å². The van der Waals surface area contributed by atoms with Gasteiger partial charge in [0.15, 0.2) is 0 Å². The van der Waals surface area contributed by atoms with E-state index in [0.717, 1.165) is 43.9 Å². The van der Waals surface area contributed by atoms with Crippen LogP contribution >= 0.6 is 11.6 Å². The van der Waals surface area contributed by atoms with E-state index in [4.69, 9.17) is 11.6 Å². The molecule has 1 aliphatic carbocycles. The lowest BCUT2D eigenvalue weighted by atomic mass is 9.88. The molecule has 1 aromatic rings. The summed E-state index contributed by atoms with van der Waals surface area (Å²) in [6.07, 6.45) is 4.04. The van der Waals surface area contributed by atoms with Crippen LogP contribution in [0.1, 0.15) is 36.0 Å². The standard InChI is InChI=1S/C14H16ClFN2O3/c15-8-14(3-1-2-4-14)9-17-13(19)10-5-11(16)7-12(6-10)18(20)21/h5-7H,1-4,8-9H2,(H,17,19). The van der Waals surface area contributed by atoms with Gasteiger partial charge in [-0.15, -0.1) is 11.6 Å². The van der Waals surface area contributed by atoms with E-state index in [-0.39, 0.29) is 11.0 Å². The number of halogens is 2. The fourth-order valence-corrected chi connectivity index (χ4v) is 3.02. The van der Waals surface area contributed by atoms with Crippen molar-refractivity contribution in [2.75, 3.05) is 12.4 Å². The van der Waals surface area contributed by atoms with Crippen LogP contribution in [0, 0.1) is 21.3 Å². The predicted octanol–water partition coefficient (Wildman–Crippen LogP) is 3.26. The van der Waals surface area contributed by atoms with Crippen molar-refractivity contribution in [2.45, 2.75) is 25.7 Å². The summed E-state index contributed by atoms with van der Waals surface area (Å²) in [5.74, 6) is -0.868. The van der Waals surface area contributed by atoms with Crippen molar-refractivity contribution < 1.29 is 14.1 Å². The van der Waals surface area contributed by atoms with Crippen LogP contribution in [0.3, 0.4) is 0 Å². The summed E-state index contributed by atoms with van der Waals surface area (Å²) in [5.41, 5.74) is -0.603. The highest BCUT2D eigenvalue weighted by molar-refractivity contribution is 6.18.